The van der Waals surface area contributed by atoms with Crippen molar-refractivity contribution < 1.29 is 9.18 Å². The lowest BCUT2D eigenvalue weighted by Gasteiger charge is -2.26. The minimum Gasteiger partial charge on any atom is -0.392 e. The van der Waals surface area contributed by atoms with Gasteiger partial charge in [0.1, 0.15) is 5.82 Å². The van der Waals surface area contributed by atoms with E-state index in [0.717, 1.165) is 12.8 Å². The second-order valence-corrected chi connectivity index (χ2v) is 5.61. The molecule has 3 N–H and O–H groups in total. The molecule has 0 aromatic heterocycles. The third-order valence-corrected chi connectivity index (χ3v) is 4.17. The van der Waals surface area contributed by atoms with E-state index in [2.05, 4.69) is 5.32 Å². The average molecular weight is 301 g/mol. The van der Waals surface area contributed by atoms with Crippen LogP contribution in [0.5, 0.6) is 0 Å². The molecule has 1 fully saturated rings. The lowest BCUT2D eigenvalue weighted by atomic mass is 9.85. The van der Waals surface area contributed by atoms with E-state index in [1.165, 1.54) is 18.2 Å². The number of carbonyl (C=O) groups excluding carboxylic acids is 1. The van der Waals surface area contributed by atoms with E-state index < -0.39 is 11.2 Å². The zero-order valence-corrected chi connectivity index (χ0v) is 11.8. The van der Waals surface area contributed by atoms with Gasteiger partial charge in [0, 0.05) is 5.02 Å². The van der Waals surface area contributed by atoms with Crippen LogP contribution in [0.3, 0.4) is 0 Å². The van der Waals surface area contributed by atoms with Crippen LogP contribution in [0.1, 0.15) is 25.7 Å². The molecule has 2 rings (SSSR count). The molecule has 0 bridgehead atoms. The van der Waals surface area contributed by atoms with Gasteiger partial charge in [-0.25, -0.2) is 4.39 Å². The van der Waals surface area contributed by atoms with Gasteiger partial charge in [-0.15, -0.1) is 0 Å². The summed E-state index contributed by atoms with van der Waals surface area (Å²) < 4.78 is 13.6. The van der Waals surface area contributed by atoms with Crippen LogP contribution in [0.15, 0.2) is 18.2 Å². The zero-order valence-electron chi connectivity index (χ0n) is 10.2. The van der Waals surface area contributed by atoms with Gasteiger partial charge in [-0.1, -0.05) is 36.7 Å². The lowest BCUT2D eigenvalue weighted by Crippen LogP contribution is -2.44. The van der Waals surface area contributed by atoms with E-state index in [1.807, 2.05) is 0 Å². The molecular formula is C13H14ClFN2OS. The van der Waals surface area contributed by atoms with Crippen molar-refractivity contribution in [1.29, 1.82) is 0 Å². The zero-order chi connectivity index (χ0) is 14.0. The molecule has 0 radical (unpaired) electrons. The van der Waals surface area contributed by atoms with Gasteiger partial charge in [-0.3, -0.25) is 4.79 Å². The van der Waals surface area contributed by atoms with Gasteiger partial charge in [0.2, 0.25) is 5.91 Å². The molecule has 1 aromatic rings. The maximum Gasteiger partial charge on any atom is 0.237 e. The van der Waals surface area contributed by atoms with E-state index >= 15 is 0 Å². The number of thiocarbonyl (C=S) groups is 1. The Morgan fingerprint density at radius 3 is 2.63 bits per heavy atom. The number of anilines is 1. The molecule has 1 amide bonds. The van der Waals surface area contributed by atoms with Crippen LogP contribution >= 0.6 is 23.8 Å². The van der Waals surface area contributed by atoms with Crippen LogP contribution in [0.2, 0.25) is 5.02 Å². The average Bonchev–Trinajstić information content (AvgIpc) is 2.84. The van der Waals surface area contributed by atoms with E-state index in [0.29, 0.717) is 17.9 Å². The Morgan fingerprint density at radius 1 is 1.42 bits per heavy atom. The minimum absolute atomic E-state index is 0.0556. The second-order valence-electron chi connectivity index (χ2n) is 4.73. The third-order valence-electron chi connectivity index (χ3n) is 3.54. The number of halogens is 2. The number of hydrogen-bond acceptors (Lipinski definition) is 2. The molecule has 1 saturated carbocycles. The van der Waals surface area contributed by atoms with Gasteiger partial charge < -0.3 is 11.1 Å². The molecule has 1 aromatic carbocycles. The summed E-state index contributed by atoms with van der Waals surface area (Å²) in [7, 11) is 0. The Hall–Kier alpha value is -1.20. The van der Waals surface area contributed by atoms with Crippen molar-refractivity contribution in [2.45, 2.75) is 25.7 Å². The SMILES string of the molecule is NC(=S)C1(C(=O)Nc2cc(Cl)ccc2F)CCCC1. The number of nitrogens with one attached hydrogen (secondary N) is 1. The van der Waals surface area contributed by atoms with Crippen molar-refractivity contribution in [1.82, 2.24) is 0 Å². The van der Waals surface area contributed by atoms with E-state index in [4.69, 9.17) is 29.6 Å². The van der Waals surface area contributed by atoms with Gasteiger partial charge in [-0.05, 0) is 31.0 Å². The number of nitrogens with two attached hydrogens (primary N) is 1. The van der Waals surface area contributed by atoms with Gasteiger partial charge in [0.05, 0.1) is 16.1 Å². The second kappa shape index (κ2) is 5.43. The molecule has 0 atom stereocenters. The van der Waals surface area contributed by atoms with Crippen LogP contribution in [0, 0.1) is 11.2 Å². The number of hydrogen-bond donors (Lipinski definition) is 2. The molecule has 0 spiro atoms. The molecular weight excluding hydrogens is 287 g/mol. The molecule has 0 unspecified atom stereocenters. The van der Waals surface area contributed by atoms with E-state index in [1.54, 1.807) is 0 Å². The summed E-state index contributed by atoms with van der Waals surface area (Å²) in [5, 5.41) is 2.90. The Labute approximate surface area is 121 Å². The molecule has 0 heterocycles. The van der Waals surface area contributed by atoms with Crippen molar-refractivity contribution in [2.24, 2.45) is 11.1 Å². The number of benzene rings is 1. The monoisotopic (exact) mass is 300 g/mol. The highest BCUT2D eigenvalue weighted by Gasteiger charge is 2.44. The summed E-state index contributed by atoms with van der Waals surface area (Å²) in [6, 6.07) is 4.00. The summed E-state index contributed by atoms with van der Waals surface area (Å²) >= 11 is 10.8. The normalized spacial score (nSPS) is 17.2. The van der Waals surface area contributed by atoms with Gasteiger partial charge in [0.25, 0.3) is 0 Å². The maximum atomic E-state index is 13.6. The van der Waals surface area contributed by atoms with Crippen LogP contribution < -0.4 is 11.1 Å². The molecule has 19 heavy (non-hydrogen) atoms. The first-order valence-corrected chi connectivity index (χ1v) is 6.81. The van der Waals surface area contributed by atoms with Crippen LogP contribution in [-0.4, -0.2) is 10.9 Å². The fraction of sp³-hybridized carbons (Fsp3) is 0.385. The number of carbonyl (C=O) groups is 1. The summed E-state index contributed by atoms with van der Waals surface area (Å²) in [6.45, 7) is 0. The Morgan fingerprint density at radius 2 is 2.05 bits per heavy atom. The highest BCUT2D eigenvalue weighted by Crippen LogP contribution is 2.39. The molecule has 0 saturated heterocycles. The Kier molecular flexibility index (Phi) is 4.06. The number of rotatable bonds is 3. The third kappa shape index (κ3) is 2.72. The molecule has 1 aliphatic carbocycles. The summed E-state index contributed by atoms with van der Waals surface area (Å²) in [4.78, 5) is 12.5. The quantitative estimate of drug-likeness (QED) is 0.842. The molecule has 3 nitrogen and oxygen atoms in total. The first-order chi connectivity index (χ1) is 8.95. The summed E-state index contributed by atoms with van der Waals surface area (Å²) in [5.74, 6) is -0.882. The summed E-state index contributed by atoms with van der Waals surface area (Å²) in [6.07, 6.45) is 3.00. The predicted octanol–water partition coefficient (Wildman–Crippen LogP) is 3.26. The fourth-order valence-corrected chi connectivity index (χ4v) is 2.87. The number of amides is 1. The van der Waals surface area contributed by atoms with Gasteiger partial charge in [0.15, 0.2) is 0 Å². The lowest BCUT2D eigenvalue weighted by molar-refractivity contribution is -0.122. The minimum atomic E-state index is -0.857. The van der Waals surface area contributed by atoms with Gasteiger partial charge in [-0.2, -0.15) is 0 Å². The Balaban J connectivity index is 2.25. The largest absolute Gasteiger partial charge is 0.392 e. The van der Waals surface area contributed by atoms with Crippen LogP contribution in [0.25, 0.3) is 0 Å². The van der Waals surface area contributed by atoms with Crippen molar-refractivity contribution in [3.63, 3.8) is 0 Å². The standard InChI is InChI=1S/C13H14ClFN2OS/c14-8-3-4-9(15)10(7-8)17-12(18)13(11(16)19)5-1-2-6-13/h3-4,7H,1-2,5-6H2,(H2,16,19)(H,17,18). The first-order valence-electron chi connectivity index (χ1n) is 6.02. The topological polar surface area (TPSA) is 55.1 Å². The first kappa shape index (κ1) is 14.2. The Bertz CT molecular complexity index is 529. The van der Waals surface area contributed by atoms with Crippen molar-refractivity contribution in [3.05, 3.63) is 29.0 Å². The highest BCUT2D eigenvalue weighted by atomic mass is 35.5. The van der Waals surface area contributed by atoms with Crippen molar-refractivity contribution >= 4 is 40.4 Å². The molecule has 6 heteroatoms. The van der Waals surface area contributed by atoms with Crippen LogP contribution in [-0.2, 0) is 4.79 Å². The predicted molar refractivity (Wildman–Crippen MR) is 77.7 cm³/mol. The highest BCUT2D eigenvalue weighted by molar-refractivity contribution is 7.80. The molecule has 0 aliphatic heterocycles. The van der Waals surface area contributed by atoms with Crippen molar-refractivity contribution in [2.75, 3.05) is 5.32 Å². The summed E-state index contributed by atoms with van der Waals surface area (Å²) in [5.41, 5.74) is 4.90. The maximum absolute atomic E-state index is 13.6. The molecule has 102 valence electrons. The van der Waals surface area contributed by atoms with Crippen LogP contribution in [0.4, 0.5) is 10.1 Å². The van der Waals surface area contributed by atoms with Gasteiger partial charge >= 0.3 is 0 Å². The smallest absolute Gasteiger partial charge is 0.237 e. The van der Waals surface area contributed by atoms with E-state index in [9.17, 15) is 9.18 Å². The molecule has 1 aliphatic rings. The van der Waals surface area contributed by atoms with E-state index in [-0.39, 0.29) is 16.6 Å². The van der Waals surface area contributed by atoms with Crippen molar-refractivity contribution in [3.8, 4) is 0 Å². The fourth-order valence-electron chi connectivity index (χ4n) is 2.40.